The lowest BCUT2D eigenvalue weighted by Crippen LogP contribution is -2.36. The Morgan fingerprint density at radius 2 is 1.89 bits per heavy atom. The molecule has 1 aromatic heterocycles. The second-order valence-electron chi connectivity index (χ2n) is 8.12. The molecule has 0 radical (unpaired) electrons. The summed E-state index contributed by atoms with van der Waals surface area (Å²) in [6.07, 6.45) is -0.318. The fourth-order valence-corrected chi connectivity index (χ4v) is 5.00. The van der Waals surface area contributed by atoms with Crippen molar-refractivity contribution in [1.82, 2.24) is 14.8 Å². The van der Waals surface area contributed by atoms with Crippen LogP contribution in [0, 0.1) is 0 Å². The van der Waals surface area contributed by atoms with Crippen molar-refractivity contribution in [3.8, 4) is 11.5 Å². The molecule has 1 amide bonds. The van der Waals surface area contributed by atoms with Crippen LogP contribution in [-0.2, 0) is 16.1 Å². The molecule has 3 aromatic rings. The number of halogens is 1. The number of nitrogens with zero attached hydrogens (tertiary/aromatic N) is 4. The van der Waals surface area contributed by atoms with Crippen molar-refractivity contribution in [2.75, 3.05) is 49.4 Å². The molecule has 0 bridgehead atoms. The van der Waals surface area contributed by atoms with Crippen LogP contribution in [0.2, 0.25) is 5.02 Å². The van der Waals surface area contributed by atoms with E-state index in [0.29, 0.717) is 47.2 Å². The molecule has 0 aliphatic carbocycles. The third-order valence-corrected chi connectivity index (χ3v) is 6.98. The van der Waals surface area contributed by atoms with Gasteiger partial charge in [-0.2, -0.15) is 0 Å². The number of carbonyl (C=O) groups excluding carboxylic acids is 1. The molecule has 36 heavy (non-hydrogen) atoms. The van der Waals surface area contributed by atoms with Crippen molar-refractivity contribution in [1.29, 1.82) is 0 Å². The maximum atomic E-state index is 12.6. The number of hydrogen-bond donors (Lipinski definition) is 1. The van der Waals surface area contributed by atoms with Crippen molar-refractivity contribution in [2.24, 2.45) is 0 Å². The van der Waals surface area contributed by atoms with Gasteiger partial charge in [-0.3, -0.25) is 4.79 Å². The number of anilines is 2. The van der Waals surface area contributed by atoms with Crippen LogP contribution in [-0.4, -0.2) is 59.8 Å². The summed E-state index contributed by atoms with van der Waals surface area (Å²) < 4.78 is 18.6. The van der Waals surface area contributed by atoms with Crippen molar-refractivity contribution in [3.63, 3.8) is 0 Å². The Morgan fingerprint density at radius 1 is 1.17 bits per heavy atom. The fraction of sp³-hybridized carbons (Fsp3) is 0.400. The van der Waals surface area contributed by atoms with E-state index < -0.39 is 0 Å². The van der Waals surface area contributed by atoms with Crippen LogP contribution in [0.5, 0.6) is 11.5 Å². The number of morpholine rings is 1. The topological polar surface area (TPSA) is 90.7 Å². The number of ether oxygens (including phenoxy) is 3. The van der Waals surface area contributed by atoms with Crippen molar-refractivity contribution >= 4 is 40.6 Å². The molecule has 4 rings (SSSR count). The highest BCUT2D eigenvalue weighted by Crippen LogP contribution is 2.30. The van der Waals surface area contributed by atoms with Crippen LogP contribution < -0.4 is 19.7 Å². The highest BCUT2D eigenvalue weighted by atomic mass is 35.5. The van der Waals surface area contributed by atoms with Gasteiger partial charge >= 0.3 is 0 Å². The first-order valence-corrected chi connectivity index (χ1v) is 13.1. The van der Waals surface area contributed by atoms with Crippen LogP contribution in [0.25, 0.3) is 0 Å². The smallest absolute Gasteiger partial charge is 0.234 e. The first-order valence-electron chi connectivity index (χ1n) is 11.8. The maximum absolute atomic E-state index is 12.6. The van der Waals surface area contributed by atoms with Crippen molar-refractivity contribution < 1.29 is 19.0 Å². The van der Waals surface area contributed by atoms with Crippen molar-refractivity contribution in [2.45, 2.75) is 31.7 Å². The summed E-state index contributed by atoms with van der Waals surface area (Å²) in [5.41, 5.74) is 1.60. The predicted molar refractivity (Wildman–Crippen MR) is 142 cm³/mol. The lowest BCUT2D eigenvalue weighted by Gasteiger charge is -2.29. The van der Waals surface area contributed by atoms with E-state index in [1.165, 1.54) is 11.8 Å². The van der Waals surface area contributed by atoms with Crippen LogP contribution >= 0.6 is 23.4 Å². The Morgan fingerprint density at radius 3 is 2.56 bits per heavy atom. The summed E-state index contributed by atoms with van der Waals surface area (Å²) in [6, 6.07) is 13.0. The number of aromatic nitrogens is 3. The van der Waals surface area contributed by atoms with E-state index in [9.17, 15) is 4.79 Å². The molecule has 2 heterocycles. The minimum Gasteiger partial charge on any atom is -0.497 e. The van der Waals surface area contributed by atoms with Crippen LogP contribution in [0.4, 0.5) is 11.4 Å². The fourth-order valence-electron chi connectivity index (χ4n) is 3.89. The first-order chi connectivity index (χ1) is 17.5. The summed E-state index contributed by atoms with van der Waals surface area (Å²) in [5, 5.41) is 12.8. The maximum Gasteiger partial charge on any atom is 0.234 e. The van der Waals surface area contributed by atoms with E-state index in [1.807, 2.05) is 54.8 Å². The Kier molecular flexibility index (Phi) is 8.95. The highest BCUT2D eigenvalue weighted by Gasteiger charge is 2.20. The Balaban J connectivity index is 1.34. The number of nitrogens with one attached hydrogen (secondary N) is 1. The van der Waals surface area contributed by atoms with E-state index in [1.54, 1.807) is 13.2 Å². The molecule has 1 fully saturated rings. The summed E-state index contributed by atoms with van der Waals surface area (Å²) in [7, 11) is 1.62. The van der Waals surface area contributed by atoms with Gasteiger partial charge in [-0.05, 0) is 56.3 Å². The highest BCUT2D eigenvalue weighted by molar-refractivity contribution is 7.99. The molecule has 0 spiro atoms. The van der Waals surface area contributed by atoms with Gasteiger partial charge in [0.05, 0.1) is 36.8 Å². The Labute approximate surface area is 220 Å². The van der Waals surface area contributed by atoms with Gasteiger partial charge in [0.15, 0.2) is 17.1 Å². The number of carbonyl (C=O) groups is 1. The molecule has 11 heteroatoms. The minimum atomic E-state index is -0.318. The Bertz CT molecular complexity index is 1170. The number of rotatable bonds is 10. The minimum absolute atomic E-state index is 0.148. The van der Waals surface area contributed by atoms with Gasteiger partial charge < -0.3 is 29.0 Å². The quantitative estimate of drug-likeness (QED) is 0.377. The van der Waals surface area contributed by atoms with E-state index in [0.717, 1.165) is 24.5 Å². The average molecular weight is 532 g/mol. The Hall–Kier alpha value is -2.95. The second-order valence-corrected chi connectivity index (χ2v) is 9.47. The number of methoxy groups -OCH3 is 1. The normalized spacial score (nSPS) is 14.4. The molecule has 9 nitrogen and oxygen atoms in total. The molecule has 1 saturated heterocycles. The monoisotopic (exact) mass is 531 g/mol. The van der Waals surface area contributed by atoms with Gasteiger partial charge in [-0.25, -0.2) is 0 Å². The van der Waals surface area contributed by atoms with Crippen molar-refractivity contribution in [3.05, 3.63) is 53.3 Å². The summed E-state index contributed by atoms with van der Waals surface area (Å²) in [6.45, 7) is 7.55. The van der Waals surface area contributed by atoms with E-state index in [-0.39, 0.29) is 17.8 Å². The molecular formula is C25H30ClN5O4S. The lowest BCUT2D eigenvalue weighted by atomic mass is 10.2. The molecule has 0 saturated carbocycles. The van der Waals surface area contributed by atoms with Crippen LogP contribution in [0.1, 0.15) is 25.8 Å². The third kappa shape index (κ3) is 6.43. The predicted octanol–water partition coefficient (Wildman–Crippen LogP) is 4.67. The third-order valence-electron chi connectivity index (χ3n) is 5.71. The van der Waals surface area contributed by atoms with Gasteiger partial charge in [0, 0.05) is 25.3 Å². The molecule has 1 N–H and O–H groups in total. The number of benzene rings is 2. The van der Waals surface area contributed by atoms with Gasteiger partial charge in [0.2, 0.25) is 5.91 Å². The zero-order valence-corrected chi connectivity index (χ0v) is 22.1. The summed E-state index contributed by atoms with van der Waals surface area (Å²) in [4.78, 5) is 14.8. The molecule has 1 unspecified atom stereocenters. The number of thioether (sulfide) groups is 1. The average Bonchev–Trinajstić information content (AvgIpc) is 3.32. The SMILES string of the molecule is CCn1c(SCC(=O)Nc2ccc(N3CCOCC3)c(Cl)c2)nnc1C(C)Oc1ccc(OC)cc1. The standard InChI is InChI=1S/C25H30ClN5O4S/c1-4-31-24(17(2)35-20-8-6-19(33-3)7-9-20)28-29-25(31)36-16-23(32)27-18-5-10-22(21(26)15-18)30-11-13-34-14-12-30/h5-10,15,17H,4,11-14,16H2,1-3H3,(H,27,32). The van der Waals surface area contributed by atoms with E-state index in [2.05, 4.69) is 20.4 Å². The summed E-state index contributed by atoms with van der Waals surface area (Å²) in [5.74, 6) is 2.21. The van der Waals surface area contributed by atoms with E-state index >= 15 is 0 Å². The van der Waals surface area contributed by atoms with Gasteiger partial charge in [-0.15, -0.1) is 10.2 Å². The van der Waals surface area contributed by atoms with Gasteiger partial charge in [-0.1, -0.05) is 23.4 Å². The molecule has 2 aromatic carbocycles. The zero-order valence-electron chi connectivity index (χ0n) is 20.6. The number of hydrogen-bond acceptors (Lipinski definition) is 8. The molecule has 1 aliphatic heterocycles. The zero-order chi connectivity index (χ0) is 25.5. The number of amides is 1. The second kappa shape index (κ2) is 12.3. The molecule has 1 aliphatic rings. The first kappa shape index (κ1) is 26.1. The van der Waals surface area contributed by atoms with Crippen LogP contribution in [0.3, 0.4) is 0 Å². The largest absolute Gasteiger partial charge is 0.497 e. The summed E-state index contributed by atoms with van der Waals surface area (Å²) >= 11 is 7.81. The van der Waals surface area contributed by atoms with Crippen LogP contribution in [0.15, 0.2) is 47.6 Å². The molecular weight excluding hydrogens is 502 g/mol. The molecule has 1 atom stereocenters. The van der Waals surface area contributed by atoms with Gasteiger partial charge in [0.25, 0.3) is 0 Å². The van der Waals surface area contributed by atoms with E-state index in [4.69, 9.17) is 25.8 Å². The lowest BCUT2D eigenvalue weighted by molar-refractivity contribution is -0.113. The molecule has 192 valence electrons. The van der Waals surface area contributed by atoms with Gasteiger partial charge in [0.1, 0.15) is 11.5 Å².